The second-order valence-electron chi connectivity index (χ2n) is 8.81. The molecule has 0 unspecified atom stereocenters. The van der Waals surface area contributed by atoms with E-state index in [2.05, 4.69) is 32.2 Å². The van der Waals surface area contributed by atoms with Crippen LogP contribution in [0.5, 0.6) is 5.75 Å². The van der Waals surface area contributed by atoms with Gasteiger partial charge in [-0.3, -0.25) is 4.79 Å². The Balaban J connectivity index is 1.63. The zero-order valence-corrected chi connectivity index (χ0v) is 19.1. The molecule has 1 aliphatic heterocycles. The number of carbonyl (C=O) groups excluding carboxylic acids is 1. The summed E-state index contributed by atoms with van der Waals surface area (Å²) in [4.78, 5) is 14.1. The zero-order chi connectivity index (χ0) is 21.5. The van der Waals surface area contributed by atoms with Gasteiger partial charge in [-0.05, 0) is 67.3 Å². The van der Waals surface area contributed by atoms with E-state index in [1.165, 1.54) is 22.3 Å². The molecule has 2 atom stereocenters. The molecule has 3 rings (SSSR count). The highest BCUT2D eigenvalue weighted by Crippen LogP contribution is 2.37. The van der Waals surface area contributed by atoms with E-state index in [1.54, 1.807) is 12.0 Å². The number of hydrogen-bond acceptors (Lipinski definition) is 4. The molecule has 1 fully saturated rings. The van der Waals surface area contributed by atoms with Gasteiger partial charge in [0.1, 0.15) is 32.0 Å². The molecule has 2 N–H and O–H groups in total. The van der Waals surface area contributed by atoms with Crippen molar-refractivity contribution in [3.63, 3.8) is 0 Å². The average Bonchev–Trinajstić information content (AvgIpc) is 2.77. The minimum Gasteiger partial charge on any atom is -0.487 e. The molecule has 6 nitrogen and oxygen atoms in total. The van der Waals surface area contributed by atoms with Gasteiger partial charge in [0.15, 0.2) is 0 Å². The van der Waals surface area contributed by atoms with Gasteiger partial charge in [-0.1, -0.05) is 6.92 Å². The summed E-state index contributed by atoms with van der Waals surface area (Å²) in [5, 5.41) is 3.00. The van der Waals surface area contributed by atoms with Gasteiger partial charge in [-0.15, -0.1) is 0 Å². The molecule has 0 radical (unpaired) electrons. The fraction of sp³-hybridized carbons (Fsp3) is 0.708. The first-order valence-corrected chi connectivity index (χ1v) is 11.4. The van der Waals surface area contributed by atoms with Gasteiger partial charge in [0.25, 0.3) is 0 Å². The third kappa shape index (κ3) is 5.74. The molecule has 1 aromatic carbocycles. The van der Waals surface area contributed by atoms with E-state index in [0.717, 1.165) is 64.5 Å². The average molecular weight is 420 g/mol. The first-order chi connectivity index (χ1) is 14.5. The van der Waals surface area contributed by atoms with Crippen LogP contribution in [0.3, 0.4) is 0 Å². The minimum atomic E-state index is 0.00390. The topological polar surface area (TPSA) is 61.2 Å². The van der Waals surface area contributed by atoms with Crippen molar-refractivity contribution >= 4 is 5.91 Å². The van der Waals surface area contributed by atoms with Crippen LogP contribution in [-0.2, 0) is 27.1 Å². The Kier molecular flexibility index (Phi) is 8.54. The fourth-order valence-electron chi connectivity index (χ4n) is 4.77. The van der Waals surface area contributed by atoms with Crippen molar-refractivity contribution in [1.82, 2.24) is 5.32 Å². The van der Waals surface area contributed by atoms with E-state index in [9.17, 15) is 4.79 Å². The Morgan fingerprint density at radius 2 is 2.03 bits per heavy atom. The molecule has 0 bridgehead atoms. The first-order valence-electron chi connectivity index (χ1n) is 11.4. The predicted molar refractivity (Wildman–Crippen MR) is 117 cm³/mol. The highest BCUT2D eigenvalue weighted by Gasteiger charge is 2.30. The van der Waals surface area contributed by atoms with Crippen molar-refractivity contribution in [2.75, 3.05) is 59.7 Å². The number of methoxy groups -OCH3 is 1. The molecular weight excluding hydrogens is 380 g/mol. The SMILES string of the molecule is COCCNC(=O)[C@@H](C)[C@@H]1CCc2c(C)cc(OCC[NH+]3CCOCC3)c(C)c2C1. The normalized spacial score (nSPS) is 20.5. The number of amides is 1. The predicted octanol–water partition coefficient (Wildman–Crippen LogP) is 1.10. The largest absolute Gasteiger partial charge is 0.487 e. The number of hydrogen-bond donors (Lipinski definition) is 2. The number of aryl methyl sites for hydroxylation is 1. The monoisotopic (exact) mass is 419 g/mol. The zero-order valence-electron chi connectivity index (χ0n) is 19.1. The molecule has 0 saturated carbocycles. The molecule has 2 aliphatic rings. The number of rotatable bonds is 9. The van der Waals surface area contributed by atoms with Crippen molar-refractivity contribution in [1.29, 1.82) is 0 Å². The quantitative estimate of drug-likeness (QED) is 0.589. The lowest BCUT2D eigenvalue weighted by Gasteiger charge is -2.31. The van der Waals surface area contributed by atoms with Crippen LogP contribution >= 0.6 is 0 Å². The molecule has 30 heavy (non-hydrogen) atoms. The van der Waals surface area contributed by atoms with Crippen molar-refractivity contribution in [3.05, 3.63) is 28.3 Å². The Morgan fingerprint density at radius 1 is 1.27 bits per heavy atom. The highest BCUT2D eigenvalue weighted by molar-refractivity contribution is 5.78. The van der Waals surface area contributed by atoms with Gasteiger partial charge in [0.05, 0.1) is 19.8 Å². The van der Waals surface area contributed by atoms with Gasteiger partial charge in [-0.2, -0.15) is 0 Å². The molecule has 1 aromatic rings. The number of carbonyl (C=O) groups is 1. The molecule has 1 saturated heterocycles. The van der Waals surface area contributed by atoms with E-state index in [0.29, 0.717) is 19.1 Å². The Bertz CT molecular complexity index is 716. The third-order valence-corrected chi connectivity index (χ3v) is 6.88. The van der Waals surface area contributed by atoms with Gasteiger partial charge in [0.2, 0.25) is 5.91 Å². The Morgan fingerprint density at radius 3 is 2.77 bits per heavy atom. The number of fused-ring (bicyclic) bond motifs is 1. The number of ether oxygens (including phenoxy) is 3. The van der Waals surface area contributed by atoms with E-state index in [-0.39, 0.29) is 11.8 Å². The molecule has 168 valence electrons. The fourth-order valence-corrected chi connectivity index (χ4v) is 4.77. The number of morpholine rings is 1. The second-order valence-corrected chi connectivity index (χ2v) is 8.81. The van der Waals surface area contributed by atoms with Crippen molar-refractivity contribution in [2.24, 2.45) is 11.8 Å². The maximum atomic E-state index is 12.5. The van der Waals surface area contributed by atoms with Crippen molar-refractivity contribution in [3.8, 4) is 5.75 Å². The van der Waals surface area contributed by atoms with Crippen LogP contribution in [0.4, 0.5) is 0 Å². The maximum Gasteiger partial charge on any atom is 0.223 e. The van der Waals surface area contributed by atoms with Gasteiger partial charge in [-0.25, -0.2) is 0 Å². The summed E-state index contributed by atoms with van der Waals surface area (Å²) in [6, 6.07) is 2.21. The molecule has 0 aromatic heterocycles. The number of benzene rings is 1. The second kappa shape index (κ2) is 11.1. The molecular formula is C24H39N2O4+. The summed E-state index contributed by atoms with van der Waals surface area (Å²) < 4.78 is 16.7. The van der Waals surface area contributed by atoms with Gasteiger partial charge in [0, 0.05) is 19.6 Å². The summed E-state index contributed by atoms with van der Waals surface area (Å²) >= 11 is 0. The molecule has 1 amide bonds. The molecule has 6 heteroatoms. The molecule has 1 aliphatic carbocycles. The Hall–Kier alpha value is -1.63. The Labute approximate surface area is 181 Å². The first kappa shape index (κ1) is 23.0. The summed E-state index contributed by atoms with van der Waals surface area (Å²) in [6.07, 6.45) is 3.06. The summed E-state index contributed by atoms with van der Waals surface area (Å²) in [5.41, 5.74) is 5.43. The van der Waals surface area contributed by atoms with Crippen LogP contribution < -0.4 is 15.0 Å². The van der Waals surface area contributed by atoms with Gasteiger partial charge < -0.3 is 24.4 Å². The smallest absolute Gasteiger partial charge is 0.223 e. The van der Waals surface area contributed by atoms with Crippen LogP contribution in [0.25, 0.3) is 0 Å². The van der Waals surface area contributed by atoms with Gasteiger partial charge >= 0.3 is 0 Å². The maximum absolute atomic E-state index is 12.5. The lowest BCUT2D eigenvalue weighted by molar-refractivity contribution is -0.908. The van der Waals surface area contributed by atoms with E-state index >= 15 is 0 Å². The van der Waals surface area contributed by atoms with E-state index in [4.69, 9.17) is 14.2 Å². The van der Waals surface area contributed by atoms with Crippen LogP contribution in [-0.4, -0.2) is 65.6 Å². The number of quaternary nitrogens is 1. The van der Waals surface area contributed by atoms with Crippen LogP contribution in [0, 0.1) is 25.7 Å². The van der Waals surface area contributed by atoms with Crippen molar-refractivity contribution < 1.29 is 23.9 Å². The van der Waals surface area contributed by atoms with Crippen LogP contribution in [0.2, 0.25) is 0 Å². The molecule has 1 heterocycles. The standard InChI is InChI=1S/C24H38N2O4/c1-17-15-23(30-14-10-26-8-12-29-13-9-26)19(3)22-16-20(5-6-21(17)22)18(2)24(27)25-7-11-28-4/h15,18,20H,5-14,16H2,1-4H3,(H,25,27)/p+1/t18-,20+/m0/s1. The molecule has 0 spiro atoms. The summed E-state index contributed by atoms with van der Waals surface area (Å²) in [7, 11) is 1.65. The van der Waals surface area contributed by atoms with E-state index < -0.39 is 0 Å². The van der Waals surface area contributed by atoms with Crippen LogP contribution in [0.15, 0.2) is 6.07 Å². The lowest BCUT2D eigenvalue weighted by Crippen LogP contribution is -3.14. The minimum absolute atomic E-state index is 0.00390. The van der Waals surface area contributed by atoms with E-state index in [1.807, 2.05) is 0 Å². The number of nitrogens with one attached hydrogen (secondary N) is 2. The highest BCUT2D eigenvalue weighted by atomic mass is 16.5. The summed E-state index contributed by atoms with van der Waals surface area (Å²) in [6.45, 7) is 13.1. The third-order valence-electron chi connectivity index (χ3n) is 6.88. The summed E-state index contributed by atoms with van der Waals surface area (Å²) in [5.74, 6) is 1.52. The lowest BCUT2D eigenvalue weighted by atomic mass is 9.74. The van der Waals surface area contributed by atoms with Crippen molar-refractivity contribution in [2.45, 2.75) is 40.0 Å². The van der Waals surface area contributed by atoms with Crippen LogP contribution in [0.1, 0.15) is 35.6 Å².